The third kappa shape index (κ3) is 3.48. The normalized spacial score (nSPS) is 21.6. The molecule has 1 N–H and O–H groups in total. The van der Waals surface area contributed by atoms with E-state index in [1.54, 1.807) is 19.2 Å². The van der Waals surface area contributed by atoms with Crippen LogP contribution in [-0.2, 0) is 10.9 Å². The summed E-state index contributed by atoms with van der Waals surface area (Å²) in [6.45, 7) is 0.710. The number of rotatable bonds is 4. The number of ether oxygens (including phenoxy) is 1. The minimum absolute atomic E-state index is 0.0544. The first-order chi connectivity index (χ1) is 9.02. The molecule has 0 radical (unpaired) electrons. The summed E-state index contributed by atoms with van der Waals surface area (Å²) in [7, 11) is 1.69. The molecule has 1 aliphatic heterocycles. The fraction of sp³-hybridized carbons (Fsp3) is 0.571. The molecule has 1 fully saturated rings. The first-order valence-electron chi connectivity index (χ1n) is 6.47. The number of benzene rings is 1. The van der Waals surface area contributed by atoms with Crippen LogP contribution in [0.25, 0.3) is 0 Å². The highest BCUT2D eigenvalue weighted by Crippen LogP contribution is 2.36. The highest BCUT2D eigenvalue weighted by molar-refractivity contribution is 5.32. The lowest BCUT2D eigenvalue weighted by atomic mass is 9.95. The largest absolute Gasteiger partial charge is 0.416 e. The number of alkyl halides is 3. The van der Waals surface area contributed by atoms with E-state index in [-0.39, 0.29) is 12.1 Å². The van der Waals surface area contributed by atoms with Gasteiger partial charge in [0.25, 0.3) is 0 Å². The Kier molecular flexibility index (Phi) is 4.47. The lowest BCUT2D eigenvalue weighted by molar-refractivity contribution is -0.138. The molecular formula is C14H18F3NO. The van der Waals surface area contributed by atoms with Crippen molar-refractivity contribution in [2.75, 3.05) is 13.7 Å². The fourth-order valence-electron chi connectivity index (χ4n) is 2.55. The van der Waals surface area contributed by atoms with Gasteiger partial charge in [-0.05, 0) is 37.9 Å². The van der Waals surface area contributed by atoms with Gasteiger partial charge in [0.05, 0.1) is 11.7 Å². The van der Waals surface area contributed by atoms with Gasteiger partial charge in [0.2, 0.25) is 0 Å². The molecule has 2 rings (SSSR count). The van der Waals surface area contributed by atoms with E-state index >= 15 is 0 Å². The molecule has 5 heteroatoms. The van der Waals surface area contributed by atoms with Crippen molar-refractivity contribution in [1.82, 2.24) is 5.32 Å². The Morgan fingerprint density at radius 1 is 1.37 bits per heavy atom. The lowest BCUT2D eigenvalue weighted by Crippen LogP contribution is -2.25. The molecule has 2 nitrogen and oxygen atoms in total. The van der Waals surface area contributed by atoms with Crippen LogP contribution >= 0.6 is 0 Å². The van der Waals surface area contributed by atoms with Gasteiger partial charge in [0.15, 0.2) is 0 Å². The van der Waals surface area contributed by atoms with Gasteiger partial charge in [-0.15, -0.1) is 0 Å². The van der Waals surface area contributed by atoms with Crippen LogP contribution in [0.2, 0.25) is 0 Å². The molecule has 1 aromatic carbocycles. The van der Waals surface area contributed by atoms with E-state index in [2.05, 4.69) is 5.32 Å². The van der Waals surface area contributed by atoms with E-state index in [0.717, 1.165) is 18.9 Å². The van der Waals surface area contributed by atoms with E-state index in [0.29, 0.717) is 18.6 Å². The van der Waals surface area contributed by atoms with Gasteiger partial charge in [0.1, 0.15) is 0 Å². The molecule has 1 saturated heterocycles. The topological polar surface area (TPSA) is 21.3 Å². The monoisotopic (exact) mass is 273 g/mol. The quantitative estimate of drug-likeness (QED) is 0.906. The summed E-state index contributed by atoms with van der Waals surface area (Å²) in [4.78, 5) is 0. The highest BCUT2D eigenvalue weighted by Gasteiger charge is 2.35. The molecule has 0 spiro atoms. The molecule has 0 bridgehead atoms. The van der Waals surface area contributed by atoms with Crippen LogP contribution in [0.4, 0.5) is 13.2 Å². The third-order valence-corrected chi connectivity index (χ3v) is 3.51. The number of hydrogen-bond acceptors (Lipinski definition) is 2. The Labute approximate surface area is 111 Å². The predicted octanol–water partition coefficient (Wildman–Crippen LogP) is 3.54. The number of halogens is 3. The molecule has 2 unspecified atom stereocenters. The van der Waals surface area contributed by atoms with Gasteiger partial charge in [-0.2, -0.15) is 13.2 Å². The molecule has 0 saturated carbocycles. The van der Waals surface area contributed by atoms with E-state index in [4.69, 9.17) is 4.74 Å². The molecule has 0 aliphatic carbocycles. The maximum atomic E-state index is 13.0. The smallest absolute Gasteiger partial charge is 0.378 e. The van der Waals surface area contributed by atoms with Crippen molar-refractivity contribution in [3.8, 4) is 0 Å². The van der Waals surface area contributed by atoms with Crippen molar-refractivity contribution in [2.45, 2.75) is 37.6 Å². The summed E-state index contributed by atoms with van der Waals surface area (Å²) in [6.07, 6.45) is -1.78. The Hall–Kier alpha value is -1.07. The standard InChI is InChI=1S/C14H18F3NO/c1-18-13(9-10-5-4-8-19-10)11-6-2-3-7-12(11)14(15,16)17/h2-3,6-7,10,13,18H,4-5,8-9H2,1H3. The van der Waals surface area contributed by atoms with Gasteiger partial charge in [-0.25, -0.2) is 0 Å². The molecule has 19 heavy (non-hydrogen) atoms. The minimum Gasteiger partial charge on any atom is -0.378 e. The van der Waals surface area contributed by atoms with E-state index in [1.807, 2.05) is 0 Å². The van der Waals surface area contributed by atoms with Crippen LogP contribution in [0.3, 0.4) is 0 Å². The van der Waals surface area contributed by atoms with E-state index in [9.17, 15) is 13.2 Å². The zero-order valence-electron chi connectivity index (χ0n) is 10.8. The molecular weight excluding hydrogens is 255 g/mol. The first-order valence-corrected chi connectivity index (χ1v) is 6.47. The van der Waals surface area contributed by atoms with Crippen molar-refractivity contribution in [3.63, 3.8) is 0 Å². The number of nitrogens with one attached hydrogen (secondary N) is 1. The second-order valence-corrected chi connectivity index (χ2v) is 4.80. The van der Waals surface area contributed by atoms with Crippen molar-refractivity contribution in [3.05, 3.63) is 35.4 Å². The second-order valence-electron chi connectivity index (χ2n) is 4.80. The van der Waals surface area contributed by atoms with Gasteiger partial charge < -0.3 is 10.1 Å². The van der Waals surface area contributed by atoms with Crippen LogP contribution in [-0.4, -0.2) is 19.8 Å². The van der Waals surface area contributed by atoms with Crippen molar-refractivity contribution in [2.24, 2.45) is 0 Å². The lowest BCUT2D eigenvalue weighted by Gasteiger charge is -2.23. The fourth-order valence-corrected chi connectivity index (χ4v) is 2.55. The van der Waals surface area contributed by atoms with Gasteiger partial charge >= 0.3 is 6.18 Å². The van der Waals surface area contributed by atoms with E-state index in [1.165, 1.54) is 6.07 Å². The van der Waals surface area contributed by atoms with Crippen LogP contribution in [0.5, 0.6) is 0 Å². The molecule has 1 aromatic rings. The average molecular weight is 273 g/mol. The maximum absolute atomic E-state index is 13.0. The minimum atomic E-state index is -4.32. The van der Waals surface area contributed by atoms with Crippen LogP contribution in [0, 0.1) is 0 Å². The summed E-state index contributed by atoms with van der Waals surface area (Å²) in [5.41, 5.74) is -0.264. The molecule has 1 aliphatic rings. The van der Waals surface area contributed by atoms with Crippen molar-refractivity contribution < 1.29 is 17.9 Å². The molecule has 0 aromatic heterocycles. The summed E-state index contributed by atoms with van der Waals surface area (Å²) in [5.74, 6) is 0. The van der Waals surface area contributed by atoms with Crippen LogP contribution in [0.1, 0.15) is 36.4 Å². The number of hydrogen-bond donors (Lipinski definition) is 1. The average Bonchev–Trinajstić information content (AvgIpc) is 2.88. The zero-order chi connectivity index (χ0) is 13.9. The third-order valence-electron chi connectivity index (χ3n) is 3.51. The maximum Gasteiger partial charge on any atom is 0.416 e. The zero-order valence-corrected chi connectivity index (χ0v) is 10.8. The molecule has 1 heterocycles. The summed E-state index contributed by atoms with van der Waals surface area (Å²) in [5, 5.41) is 2.98. The highest BCUT2D eigenvalue weighted by atomic mass is 19.4. The molecule has 0 amide bonds. The van der Waals surface area contributed by atoms with Crippen LogP contribution < -0.4 is 5.32 Å². The van der Waals surface area contributed by atoms with E-state index < -0.39 is 11.7 Å². The van der Waals surface area contributed by atoms with Gasteiger partial charge in [-0.1, -0.05) is 18.2 Å². The Morgan fingerprint density at radius 3 is 2.68 bits per heavy atom. The van der Waals surface area contributed by atoms with Gasteiger partial charge in [-0.3, -0.25) is 0 Å². The summed E-state index contributed by atoms with van der Waals surface area (Å²) >= 11 is 0. The predicted molar refractivity (Wildman–Crippen MR) is 66.8 cm³/mol. The molecule has 2 atom stereocenters. The van der Waals surface area contributed by atoms with Crippen LogP contribution in [0.15, 0.2) is 24.3 Å². The van der Waals surface area contributed by atoms with Crippen molar-refractivity contribution >= 4 is 0 Å². The Bertz CT molecular complexity index is 413. The summed E-state index contributed by atoms with van der Waals surface area (Å²) < 4.78 is 44.5. The first kappa shape index (κ1) is 14.3. The van der Waals surface area contributed by atoms with Crippen molar-refractivity contribution in [1.29, 1.82) is 0 Å². The molecule has 106 valence electrons. The SMILES string of the molecule is CNC(CC1CCCO1)c1ccccc1C(F)(F)F. The Morgan fingerprint density at radius 2 is 2.11 bits per heavy atom. The summed E-state index contributed by atoms with van der Waals surface area (Å²) in [6, 6.07) is 5.41. The van der Waals surface area contributed by atoms with Gasteiger partial charge in [0, 0.05) is 12.6 Å². The second kappa shape index (κ2) is 5.92. The Balaban J connectivity index is 2.22.